The fraction of sp³-hybridized carbons (Fsp3) is 0.0588. The van der Waals surface area contributed by atoms with Crippen LogP contribution in [0.1, 0.15) is 5.56 Å². The van der Waals surface area contributed by atoms with Crippen LogP contribution in [0.25, 0.3) is 10.8 Å². The maximum Gasteiger partial charge on any atom is 0.294 e. The Hall–Kier alpha value is -1.77. The topological polar surface area (TPSA) is 99.3 Å². The van der Waals surface area contributed by atoms with Crippen LogP contribution in [0.3, 0.4) is 0 Å². The second-order valence-electron chi connectivity index (χ2n) is 5.28. The van der Waals surface area contributed by atoms with Crippen LogP contribution < -0.4 is 0 Å². The van der Waals surface area contributed by atoms with Gasteiger partial charge >= 0.3 is 0 Å². The standard InChI is InChI=1S/C17H14N2O4S.Na/c1-11-4-2-3-5-15(11)18-19-17-14-8-7-13(24(21,22)23)10-12(14)6-9-16(17)20;/h2-10,20H,1H3,(H,21,22,23);. The quantitative estimate of drug-likeness (QED) is 0.414. The minimum atomic E-state index is -4.29. The van der Waals surface area contributed by atoms with Crippen molar-refractivity contribution in [2.24, 2.45) is 10.2 Å². The van der Waals surface area contributed by atoms with Crippen molar-refractivity contribution in [1.29, 1.82) is 0 Å². The molecule has 0 heterocycles. The van der Waals surface area contributed by atoms with E-state index in [1.54, 1.807) is 12.1 Å². The van der Waals surface area contributed by atoms with Crippen molar-refractivity contribution in [3.8, 4) is 5.75 Å². The summed E-state index contributed by atoms with van der Waals surface area (Å²) in [6.07, 6.45) is 0. The average Bonchev–Trinajstić information content (AvgIpc) is 2.54. The molecule has 0 aromatic heterocycles. The molecule has 0 fully saturated rings. The van der Waals surface area contributed by atoms with E-state index in [0.717, 1.165) is 5.56 Å². The second-order valence-corrected chi connectivity index (χ2v) is 6.70. The second kappa shape index (κ2) is 7.63. The molecule has 25 heavy (non-hydrogen) atoms. The van der Waals surface area contributed by atoms with Crippen LogP contribution in [-0.4, -0.2) is 47.6 Å². The van der Waals surface area contributed by atoms with Gasteiger partial charge in [-0.25, -0.2) is 0 Å². The van der Waals surface area contributed by atoms with Gasteiger partial charge in [-0.3, -0.25) is 4.55 Å². The fourth-order valence-corrected chi connectivity index (χ4v) is 2.84. The van der Waals surface area contributed by atoms with Crippen LogP contribution in [0.15, 0.2) is 69.7 Å². The van der Waals surface area contributed by atoms with Crippen LogP contribution in [0, 0.1) is 6.92 Å². The number of phenolic OH excluding ortho intramolecular Hbond substituents is 1. The van der Waals surface area contributed by atoms with E-state index in [1.807, 2.05) is 25.1 Å². The van der Waals surface area contributed by atoms with E-state index in [2.05, 4.69) is 10.2 Å². The van der Waals surface area contributed by atoms with Gasteiger partial charge in [-0.1, -0.05) is 30.3 Å². The van der Waals surface area contributed by atoms with E-state index in [-0.39, 0.29) is 45.9 Å². The van der Waals surface area contributed by atoms with E-state index >= 15 is 0 Å². The number of aromatic hydroxyl groups is 1. The van der Waals surface area contributed by atoms with E-state index < -0.39 is 10.1 Å². The largest absolute Gasteiger partial charge is 0.506 e. The molecular formula is C17H14N2NaO4S. The van der Waals surface area contributed by atoms with Crippen LogP contribution >= 0.6 is 0 Å². The minimum absolute atomic E-state index is 0. The summed E-state index contributed by atoms with van der Waals surface area (Å²) in [4.78, 5) is -0.220. The number of benzene rings is 3. The molecule has 0 saturated heterocycles. The number of rotatable bonds is 3. The Morgan fingerprint density at radius 1 is 0.960 bits per heavy atom. The van der Waals surface area contributed by atoms with Gasteiger partial charge < -0.3 is 5.11 Å². The van der Waals surface area contributed by atoms with Gasteiger partial charge in [0.1, 0.15) is 11.4 Å². The Kier molecular flexibility index (Phi) is 5.97. The summed E-state index contributed by atoms with van der Waals surface area (Å²) in [7, 11) is -4.29. The van der Waals surface area contributed by atoms with Crippen molar-refractivity contribution in [3.63, 3.8) is 0 Å². The van der Waals surface area contributed by atoms with Gasteiger partial charge in [-0.05, 0) is 42.1 Å². The number of nitrogens with zero attached hydrogens (tertiary/aromatic N) is 2. The Bertz CT molecular complexity index is 1070. The molecule has 123 valence electrons. The predicted molar refractivity (Wildman–Crippen MR) is 96.5 cm³/mol. The SMILES string of the molecule is Cc1ccccc1N=Nc1c(O)ccc2cc(S(=O)(=O)O)ccc12.[Na]. The van der Waals surface area contributed by atoms with Gasteiger partial charge in [-0.2, -0.15) is 13.5 Å². The van der Waals surface area contributed by atoms with E-state index in [0.29, 0.717) is 16.5 Å². The molecule has 3 aromatic rings. The van der Waals surface area contributed by atoms with Crippen molar-refractivity contribution in [3.05, 3.63) is 60.2 Å². The van der Waals surface area contributed by atoms with Crippen molar-refractivity contribution >= 4 is 61.8 Å². The van der Waals surface area contributed by atoms with Gasteiger partial charge in [0.25, 0.3) is 10.1 Å². The van der Waals surface area contributed by atoms with Crippen molar-refractivity contribution in [2.45, 2.75) is 11.8 Å². The number of aryl methyl sites for hydroxylation is 1. The van der Waals surface area contributed by atoms with Crippen LogP contribution in [-0.2, 0) is 10.1 Å². The number of hydrogen-bond donors (Lipinski definition) is 2. The first-order chi connectivity index (χ1) is 11.4. The zero-order chi connectivity index (χ0) is 17.3. The molecule has 6 nitrogen and oxygen atoms in total. The van der Waals surface area contributed by atoms with Crippen LogP contribution in [0.4, 0.5) is 11.4 Å². The molecule has 0 unspecified atom stereocenters. The summed E-state index contributed by atoms with van der Waals surface area (Å²) in [6, 6.07) is 14.4. The first-order valence-corrected chi connectivity index (χ1v) is 8.51. The number of phenols is 1. The summed E-state index contributed by atoms with van der Waals surface area (Å²) in [6.45, 7) is 1.90. The molecule has 8 heteroatoms. The van der Waals surface area contributed by atoms with Gasteiger partial charge in [0, 0.05) is 34.9 Å². The molecule has 0 aliphatic carbocycles. The summed E-state index contributed by atoms with van der Waals surface area (Å²) in [5, 5.41) is 19.4. The molecule has 0 saturated carbocycles. The van der Waals surface area contributed by atoms with Gasteiger partial charge in [0.05, 0.1) is 10.6 Å². The van der Waals surface area contributed by atoms with Gasteiger partial charge in [-0.15, -0.1) is 5.11 Å². The van der Waals surface area contributed by atoms with Gasteiger partial charge in [0.2, 0.25) is 0 Å². The molecule has 2 N–H and O–H groups in total. The third-order valence-electron chi connectivity index (χ3n) is 3.61. The monoisotopic (exact) mass is 365 g/mol. The first-order valence-electron chi connectivity index (χ1n) is 7.07. The predicted octanol–water partition coefficient (Wildman–Crippen LogP) is 4.14. The third kappa shape index (κ3) is 4.26. The van der Waals surface area contributed by atoms with Gasteiger partial charge in [0.15, 0.2) is 0 Å². The molecule has 0 amide bonds. The molecule has 0 bridgehead atoms. The zero-order valence-corrected chi connectivity index (χ0v) is 16.5. The van der Waals surface area contributed by atoms with Crippen LogP contribution in [0.5, 0.6) is 5.75 Å². The Morgan fingerprint density at radius 3 is 2.36 bits per heavy atom. The zero-order valence-electron chi connectivity index (χ0n) is 13.7. The maximum absolute atomic E-state index is 11.2. The van der Waals surface area contributed by atoms with Crippen molar-refractivity contribution in [2.75, 3.05) is 0 Å². The van der Waals surface area contributed by atoms with Crippen LogP contribution in [0.2, 0.25) is 0 Å². The van der Waals surface area contributed by atoms with Crippen molar-refractivity contribution < 1.29 is 18.1 Å². The molecule has 0 aliphatic heterocycles. The fourth-order valence-electron chi connectivity index (χ4n) is 2.33. The number of hydrogen-bond acceptors (Lipinski definition) is 5. The Balaban J connectivity index is 0.00000225. The summed E-state index contributed by atoms with van der Waals surface area (Å²) in [5.74, 6) is -0.0700. The minimum Gasteiger partial charge on any atom is -0.506 e. The average molecular weight is 365 g/mol. The number of fused-ring (bicyclic) bond motifs is 1. The molecular weight excluding hydrogens is 351 g/mol. The Labute approximate surface area is 167 Å². The summed E-state index contributed by atoms with van der Waals surface area (Å²) < 4.78 is 31.6. The first kappa shape index (κ1) is 19.6. The van der Waals surface area contributed by atoms with E-state index in [1.165, 1.54) is 24.3 Å². The summed E-state index contributed by atoms with van der Waals surface area (Å²) >= 11 is 0. The van der Waals surface area contributed by atoms with Crippen molar-refractivity contribution in [1.82, 2.24) is 0 Å². The molecule has 0 atom stereocenters. The number of azo groups is 1. The van der Waals surface area contributed by atoms with E-state index in [9.17, 15) is 13.5 Å². The molecule has 1 radical (unpaired) electrons. The molecule has 3 rings (SSSR count). The summed E-state index contributed by atoms with van der Waals surface area (Å²) in [5.41, 5.74) is 1.84. The molecule has 0 aliphatic rings. The molecule has 3 aromatic carbocycles. The third-order valence-corrected chi connectivity index (χ3v) is 4.46. The Morgan fingerprint density at radius 2 is 1.68 bits per heavy atom. The van der Waals surface area contributed by atoms with E-state index in [4.69, 9.17) is 4.55 Å². The molecule has 0 spiro atoms. The smallest absolute Gasteiger partial charge is 0.294 e. The maximum atomic E-state index is 11.2. The normalized spacial score (nSPS) is 11.6.